The highest BCUT2D eigenvalue weighted by molar-refractivity contribution is 6.31. The van der Waals surface area contributed by atoms with E-state index in [0.717, 1.165) is 36.7 Å². The van der Waals surface area contributed by atoms with Crippen LogP contribution in [0.5, 0.6) is 0 Å². The van der Waals surface area contributed by atoms with Crippen LogP contribution in [0.15, 0.2) is 18.2 Å². The van der Waals surface area contributed by atoms with E-state index in [0.29, 0.717) is 0 Å². The molecule has 96 valence electrons. The number of aryl methyl sites for hydroxylation is 1. The number of ether oxygens (including phenoxy) is 1. The molecule has 18 heavy (non-hydrogen) atoms. The number of fused-ring (bicyclic) bond motifs is 1. The van der Waals surface area contributed by atoms with Crippen LogP contribution in [0.25, 0.3) is 10.9 Å². The molecule has 1 atom stereocenters. The molecule has 1 aromatic heterocycles. The van der Waals surface area contributed by atoms with E-state index in [-0.39, 0.29) is 6.10 Å². The van der Waals surface area contributed by atoms with Gasteiger partial charge in [-0.25, -0.2) is 0 Å². The molecule has 1 aromatic carbocycles. The number of aromatic nitrogens is 1. The summed E-state index contributed by atoms with van der Waals surface area (Å²) in [6.07, 6.45) is 1.18. The molecule has 1 aliphatic heterocycles. The van der Waals surface area contributed by atoms with Gasteiger partial charge in [0.1, 0.15) is 6.10 Å². The number of hydrogen-bond acceptors (Lipinski definition) is 2. The smallest absolute Gasteiger partial charge is 0.110 e. The summed E-state index contributed by atoms with van der Waals surface area (Å²) in [5, 5.41) is 5.37. The highest BCUT2D eigenvalue weighted by atomic mass is 35.5. The lowest BCUT2D eigenvalue weighted by molar-refractivity contribution is 0.0640. The minimum absolute atomic E-state index is 0.110. The van der Waals surface area contributed by atoms with Gasteiger partial charge in [-0.15, -0.1) is 0 Å². The molecule has 2 aromatic rings. The van der Waals surface area contributed by atoms with Crippen LogP contribution in [0, 0.1) is 6.92 Å². The van der Waals surface area contributed by atoms with Gasteiger partial charge < -0.3 is 15.0 Å². The quantitative estimate of drug-likeness (QED) is 0.830. The number of nitrogens with one attached hydrogen (secondary N) is 2. The van der Waals surface area contributed by atoms with E-state index in [1.54, 1.807) is 0 Å². The Labute approximate surface area is 111 Å². The number of aromatic amines is 1. The Morgan fingerprint density at radius 2 is 2.28 bits per heavy atom. The number of rotatable bonds is 1. The van der Waals surface area contributed by atoms with E-state index >= 15 is 0 Å². The first kappa shape index (κ1) is 12.0. The molecular weight excluding hydrogens is 248 g/mol. The maximum atomic E-state index is 6.05. The molecule has 0 radical (unpaired) electrons. The van der Waals surface area contributed by atoms with Crippen molar-refractivity contribution in [2.24, 2.45) is 0 Å². The van der Waals surface area contributed by atoms with Gasteiger partial charge in [0.25, 0.3) is 0 Å². The molecule has 0 aliphatic carbocycles. The van der Waals surface area contributed by atoms with Crippen LogP contribution < -0.4 is 5.32 Å². The molecule has 3 rings (SSSR count). The molecule has 1 saturated heterocycles. The Hall–Kier alpha value is -1.03. The summed E-state index contributed by atoms with van der Waals surface area (Å²) >= 11 is 6.05. The van der Waals surface area contributed by atoms with E-state index < -0.39 is 0 Å². The van der Waals surface area contributed by atoms with Crippen molar-refractivity contribution in [3.8, 4) is 0 Å². The van der Waals surface area contributed by atoms with Gasteiger partial charge in [0.15, 0.2) is 0 Å². The van der Waals surface area contributed by atoms with Crippen molar-refractivity contribution in [2.75, 3.05) is 19.7 Å². The number of hydrogen-bond donors (Lipinski definition) is 2. The fourth-order valence-electron chi connectivity index (χ4n) is 2.54. The third-order valence-electron chi connectivity index (χ3n) is 3.53. The summed E-state index contributed by atoms with van der Waals surface area (Å²) < 4.78 is 5.90. The zero-order valence-electron chi connectivity index (χ0n) is 10.4. The van der Waals surface area contributed by atoms with E-state index in [9.17, 15) is 0 Å². The molecule has 0 spiro atoms. The number of benzene rings is 1. The van der Waals surface area contributed by atoms with Crippen molar-refractivity contribution in [3.63, 3.8) is 0 Å². The van der Waals surface area contributed by atoms with Crippen LogP contribution in [0.3, 0.4) is 0 Å². The Kier molecular flexibility index (Phi) is 3.29. The van der Waals surface area contributed by atoms with Gasteiger partial charge in [-0.05, 0) is 43.7 Å². The SMILES string of the molecule is Cc1c(C2CNCCCO2)[nH]c2ccc(Cl)cc12. The Morgan fingerprint density at radius 1 is 1.39 bits per heavy atom. The van der Waals surface area contributed by atoms with Crippen LogP contribution >= 0.6 is 11.6 Å². The van der Waals surface area contributed by atoms with Crippen LogP contribution in [-0.2, 0) is 4.74 Å². The van der Waals surface area contributed by atoms with Crippen LogP contribution in [0.1, 0.15) is 23.8 Å². The molecule has 4 heteroatoms. The fraction of sp³-hybridized carbons (Fsp3) is 0.429. The maximum absolute atomic E-state index is 6.05. The Bertz CT molecular complexity index is 556. The van der Waals surface area contributed by atoms with Gasteiger partial charge in [-0.2, -0.15) is 0 Å². The lowest BCUT2D eigenvalue weighted by Gasteiger charge is -2.14. The van der Waals surface area contributed by atoms with E-state index in [1.807, 2.05) is 18.2 Å². The molecule has 1 fully saturated rings. The summed E-state index contributed by atoms with van der Waals surface area (Å²) in [4.78, 5) is 3.46. The van der Waals surface area contributed by atoms with E-state index in [2.05, 4.69) is 17.2 Å². The molecule has 0 saturated carbocycles. The molecule has 0 amide bonds. The van der Waals surface area contributed by atoms with E-state index in [1.165, 1.54) is 16.6 Å². The zero-order chi connectivity index (χ0) is 12.5. The standard InChI is InChI=1S/C14H17ClN2O/c1-9-11-7-10(15)3-4-12(11)17-14(9)13-8-16-5-2-6-18-13/h3-4,7,13,16-17H,2,5-6,8H2,1H3. The first-order valence-corrected chi connectivity index (χ1v) is 6.73. The second-order valence-corrected chi connectivity index (χ2v) is 5.21. The predicted molar refractivity (Wildman–Crippen MR) is 74.2 cm³/mol. The van der Waals surface area contributed by atoms with Crippen molar-refractivity contribution in [1.82, 2.24) is 10.3 Å². The zero-order valence-corrected chi connectivity index (χ0v) is 11.2. The minimum atomic E-state index is 0.110. The molecule has 3 nitrogen and oxygen atoms in total. The summed E-state index contributed by atoms with van der Waals surface area (Å²) in [5.41, 5.74) is 3.53. The topological polar surface area (TPSA) is 37.0 Å². The number of H-pyrrole nitrogens is 1. The first-order valence-electron chi connectivity index (χ1n) is 6.36. The second-order valence-electron chi connectivity index (χ2n) is 4.77. The van der Waals surface area contributed by atoms with Gasteiger partial charge in [0.2, 0.25) is 0 Å². The van der Waals surface area contributed by atoms with Gasteiger partial charge in [-0.1, -0.05) is 11.6 Å². The highest BCUT2D eigenvalue weighted by Gasteiger charge is 2.19. The summed E-state index contributed by atoms with van der Waals surface area (Å²) in [7, 11) is 0. The summed E-state index contributed by atoms with van der Waals surface area (Å²) in [6.45, 7) is 4.83. The third kappa shape index (κ3) is 2.14. The summed E-state index contributed by atoms with van der Waals surface area (Å²) in [6, 6.07) is 5.95. The lowest BCUT2D eigenvalue weighted by atomic mass is 10.1. The van der Waals surface area contributed by atoms with Crippen LogP contribution in [0.4, 0.5) is 0 Å². The maximum Gasteiger partial charge on any atom is 0.110 e. The Morgan fingerprint density at radius 3 is 3.17 bits per heavy atom. The average molecular weight is 265 g/mol. The first-order chi connectivity index (χ1) is 8.75. The largest absolute Gasteiger partial charge is 0.371 e. The summed E-state index contributed by atoms with van der Waals surface area (Å²) in [5.74, 6) is 0. The molecular formula is C14H17ClN2O. The van der Waals surface area contributed by atoms with Crippen molar-refractivity contribution in [3.05, 3.63) is 34.5 Å². The van der Waals surface area contributed by atoms with Gasteiger partial charge >= 0.3 is 0 Å². The molecule has 1 unspecified atom stereocenters. The number of halogens is 1. The Balaban J connectivity index is 2.03. The molecule has 1 aliphatic rings. The van der Waals surface area contributed by atoms with E-state index in [4.69, 9.17) is 16.3 Å². The predicted octanol–water partition coefficient (Wildman–Crippen LogP) is 3.18. The average Bonchev–Trinajstić information content (AvgIpc) is 2.59. The van der Waals surface area contributed by atoms with Crippen LogP contribution in [0.2, 0.25) is 5.02 Å². The minimum Gasteiger partial charge on any atom is -0.371 e. The van der Waals surface area contributed by atoms with Crippen molar-refractivity contribution in [2.45, 2.75) is 19.4 Å². The monoisotopic (exact) mass is 264 g/mol. The van der Waals surface area contributed by atoms with Crippen molar-refractivity contribution >= 4 is 22.5 Å². The van der Waals surface area contributed by atoms with Gasteiger partial charge in [0, 0.05) is 34.8 Å². The lowest BCUT2D eigenvalue weighted by Crippen LogP contribution is -2.20. The third-order valence-corrected chi connectivity index (χ3v) is 3.76. The van der Waals surface area contributed by atoms with Crippen molar-refractivity contribution in [1.29, 1.82) is 0 Å². The van der Waals surface area contributed by atoms with Crippen LogP contribution in [-0.4, -0.2) is 24.7 Å². The van der Waals surface area contributed by atoms with Gasteiger partial charge in [0.05, 0.1) is 0 Å². The normalized spacial score (nSPS) is 21.1. The highest BCUT2D eigenvalue weighted by Crippen LogP contribution is 2.30. The second kappa shape index (κ2) is 4.92. The molecule has 2 N–H and O–H groups in total. The fourth-order valence-corrected chi connectivity index (χ4v) is 2.71. The van der Waals surface area contributed by atoms with Crippen molar-refractivity contribution < 1.29 is 4.74 Å². The molecule has 0 bridgehead atoms. The molecule has 2 heterocycles. The van der Waals surface area contributed by atoms with Gasteiger partial charge in [-0.3, -0.25) is 0 Å².